The molecule has 0 saturated carbocycles. The smallest absolute Gasteiger partial charge is 0.511 e. The standard InChI is InChI=1S/C9H20O3Si/c1-4-8(3)6-9(5-2)7-12-13(10)11/h8-10H,4-7H2,1-3H3. The predicted molar refractivity (Wildman–Crippen MR) is 52.5 cm³/mol. The van der Waals surface area contributed by atoms with Crippen LogP contribution in [0, 0.1) is 11.8 Å². The SMILES string of the molecule is CCC(C)CC(CC)CO[Si](=O)O. The molecule has 0 spiro atoms. The Kier molecular flexibility index (Phi) is 6.85. The molecule has 0 bridgehead atoms. The Morgan fingerprint density at radius 3 is 2.38 bits per heavy atom. The van der Waals surface area contributed by atoms with Crippen LogP contribution in [0.4, 0.5) is 0 Å². The van der Waals surface area contributed by atoms with Crippen molar-refractivity contribution in [3.63, 3.8) is 0 Å². The van der Waals surface area contributed by atoms with Gasteiger partial charge in [-0.1, -0.05) is 33.6 Å². The second kappa shape index (κ2) is 7.06. The molecule has 0 fully saturated rings. The third kappa shape index (κ3) is 6.75. The summed E-state index contributed by atoms with van der Waals surface area (Å²) in [5, 5.41) is 0. The van der Waals surface area contributed by atoms with E-state index in [2.05, 4.69) is 20.8 Å². The average Bonchev–Trinajstić information content (AvgIpc) is 2.11. The fraction of sp³-hybridized carbons (Fsp3) is 1.00. The van der Waals surface area contributed by atoms with E-state index < -0.39 is 9.17 Å². The zero-order valence-corrected chi connectivity index (χ0v) is 9.75. The van der Waals surface area contributed by atoms with E-state index in [0.29, 0.717) is 18.4 Å². The molecular weight excluding hydrogens is 184 g/mol. The molecule has 0 aromatic heterocycles. The third-order valence-corrected chi connectivity index (χ3v) is 2.87. The van der Waals surface area contributed by atoms with Gasteiger partial charge in [0, 0.05) is 0 Å². The maximum Gasteiger partial charge on any atom is 0.764 e. The zero-order valence-electron chi connectivity index (χ0n) is 8.75. The molecule has 2 unspecified atom stereocenters. The maximum absolute atomic E-state index is 10.3. The first-order valence-corrected chi connectivity index (χ1v) is 6.22. The Balaban J connectivity index is 3.68. The van der Waals surface area contributed by atoms with Crippen molar-refractivity contribution in [3.8, 4) is 0 Å². The van der Waals surface area contributed by atoms with Crippen LogP contribution < -0.4 is 0 Å². The minimum Gasteiger partial charge on any atom is -0.511 e. The highest BCUT2D eigenvalue weighted by atomic mass is 28.3. The molecule has 0 radical (unpaired) electrons. The topological polar surface area (TPSA) is 46.5 Å². The molecule has 4 heteroatoms. The lowest BCUT2D eigenvalue weighted by atomic mass is 9.93. The van der Waals surface area contributed by atoms with Crippen LogP contribution in [0.2, 0.25) is 0 Å². The highest BCUT2D eigenvalue weighted by Crippen LogP contribution is 2.17. The fourth-order valence-corrected chi connectivity index (χ4v) is 1.66. The van der Waals surface area contributed by atoms with E-state index in [0.717, 1.165) is 19.3 Å². The van der Waals surface area contributed by atoms with Gasteiger partial charge in [-0.25, -0.2) is 0 Å². The van der Waals surface area contributed by atoms with Crippen LogP contribution in [0.1, 0.15) is 40.0 Å². The van der Waals surface area contributed by atoms with E-state index in [4.69, 9.17) is 9.22 Å². The monoisotopic (exact) mass is 204 g/mol. The van der Waals surface area contributed by atoms with E-state index in [1.165, 1.54) is 0 Å². The molecule has 0 saturated heterocycles. The quantitative estimate of drug-likeness (QED) is 0.644. The number of hydrogen-bond donors (Lipinski definition) is 1. The summed E-state index contributed by atoms with van der Waals surface area (Å²) in [7, 11) is -2.73. The Morgan fingerprint density at radius 2 is 2.00 bits per heavy atom. The van der Waals surface area contributed by atoms with Crippen LogP contribution in [0.15, 0.2) is 0 Å². The zero-order chi connectivity index (χ0) is 10.3. The van der Waals surface area contributed by atoms with Crippen molar-refractivity contribution in [2.75, 3.05) is 6.61 Å². The molecule has 0 heterocycles. The summed E-state index contributed by atoms with van der Waals surface area (Å²) < 4.78 is 15.1. The minimum absolute atomic E-state index is 0.426. The van der Waals surface area contributed by atoms with Crippen LogP contribution in [-0.2, 0) is 8.89 Å². The van der Waals surface area contributed by atoms with Crippen LogP contribution in [0.5, 0.6) is 0 Å². The molecule has 0 aromatic carbocycles. The molecule has 0 aliphatic rings. The molecule has 2 atom stereocenters. The molecule has 78 valence electrons. The van der Waals surface area contributed by atoms with E-state index in [1.807, 2.05) is 0 Å². The Labute approximate surface area is 82.0 Å². The number of rotatable bonds is 7. The summed E-state index contributed by atoms with van der Waals surface area (Å²) in [5.41, 5.74) is 0. The summed E-state index contributed by atoms with van der Waals surface area (Å²) >= 11 is 0. The first-order chi connectivity index (χ1) is 6.10. The van der Waals surface area contributed by atoms with Crippen molar-refractivity contribution in [2.24, 2.45) is 11.8 Å². The molecule has 1 N–H and O–H groups in total. The highest BCUT2D eigenvalue weighted by Gasteiger charge is 2.13. The van der Waals surface area contributed by atoms with Gasteiger partial charge in [0.2, 0.25) is 0 Å². The van der Waals surface area contributed by atoms with Crippen LogP contribution in [0.3, 0.4) is 0 Å². The molecule has 0 rings (SSSR count). The molecule has 0 aromatic rings. The van der Waals surface area contributed by atoms with E-state index in [9.17, 15) is 4.46 Å². The van der Waals surface area contributed by atoms with Gasteiger partial charge in [0.1, 0.15) is 0 Å². The predicted octanol–water partition coefficient (Wildman–Crippen LogP) is 1.87. The minimum atomic E-state index is -2.73. The summed E-state index contributed by atoms with van der Waals surface area (Å²) in [4.78, 5) is 8.51. The van der Waals surface area contributed by atoms with Gasteiger partial charge in [0.05, 0.1) is 6.61 Å². The Hall–Kier alpha value is -0.383. The van der Waals surface area contributed by atoms with Gasteiger partial charge in [0.15, 0.2) is 0 Å². The van der Waals surface area contributed by atoms with Gasteiger partial charge in [0.25, 0.3) is 0 Å². The van der Waals surface area contributed by atoms with Gasteiger partial charge in [-0.15, -0.1) is 0 Å². The molecule has 0 aliphatic carbocycles. The Bertz CT molecular complexity index is 150. The molecular formula is C9H20O3Si. The molecule has 13 heavy (non-hydrogen) atoms. The van der Waals surface area contributed by atoms with Gasteiger partial charge in [-0.05, 0) is 18.3 Å². The molecule has 0 aliphatic heterocycles. The van der Waals surface area contributed by atoms with Crippen molar-refractivity contribution in [2.45, 2.75) is 40.0 Å². The van der Waals surface area contributed by atoms with Crippen molar-refractivity contribution in [3.05, 3.63) is 0 Å². The lowest BCUT2D eigenvalue weighted by Gasteiger charge is -2.17. The maximum atomic E-state index is 10.3. The molecule has 0 amide bonds. The van der Waals surface area contributed by atoms with Gasteiger partial charge in [-0.2, -0.15) is 0 Å². The van der Waals surface area contributed by atoms with E-state index >= 15 is 0 Å². The van der Waals surface area contributed by atoms with Crippen molar-refractivity contribution < 1.29 is 13.7 Å². The van der Waals surface area contributed by atoms with E-state index in [-0.39, 0.29) is 0 Å². The lowest BCUT2D eigenvalue weighted by Crippen LogP contribution is -2.16. The molecule has 3 nitrogen and oxygen atoms in total. The lowest BCUT2D eigenvalue weighted by molar-refractivity contribution is 0.169. The van der Waals surface area contributed by atoms with Crippen molar-refractivity contribution in [1.82, 2.24) is 0 Å². The average molecular weight is 204 g/mol. The Morgan fingerprint density at radius 1 is 1.38 bits per heavy atom. The van der Waals surface area contributed by atoms with Gasteiger partial charge in [-0.3, -0.25) is 4.46 Å². The van der Waals surface area contributed by atoms with Gasteiger partial charge < -0.3 is 9.22 Å². The van der Waals surface area contributed by atoms with Crippen molar-refractivity contribution in [1.29, 1.82) is 0 Å². The summed E-state index contributed by atoms with van der Waals surface area (Å²) in [6.07, 6.45) is 3.26. The summed E-state index contributed by atoms with van der Waals surface area (Å²) in [5.74, 6) is 1.10. The van der Waals surface area contributed by atoms with E-state index in [1.54, 1.807) is 0 Å². The highest BCUT2D eigenvalue weighted by molar-refractivity contribution is 6.24. The largest absolute Gasteiger partial charge is 0.764 e. The fourth-order valence-electron chi connectivity index (χ4n) is 1.28. The third-order valence-electron chi connectivity index (χ3n) is 2.45. The van der Waals surface area contributed by atoms with Crippen LogP contribution in [0.25, 0.3) is 0 Å². The van der Waals surface area contributed by atoms with Gasteiger partial charge >= 0.3 is 9.17 Å². The second-order valence-corrected chi connectivity index (χ2v) is 4.42. The van der Waals surface area contributed by atoms with Crippen molar-refractivity contribution >= 4 is 9.17 Å². The first kappa shape index (κ1) is 12.6. The van der Waals surface area contributed by atoms with Crippen LogP contribution >= 0.6 is 0 Å². The first-order valence-electron chi connectivity index (χ1n) is 4.95. The summed E-state index contributed by atoms with van der Waals surface area (Å²) in [6.45, 7) is 6.87. The second-order valence-electron chi connectivity index (χ2n) is 3.60. The normalized spacial score (nSPS) is 15.0. The van der Waals surface area contributed by atoms with Crippen LogP contribution in [-0.4, -0.2) is 20.6 Å². The number of hydrogen-bond acceptors (Lipinski definition) is 2. The summed E-state index contributed by atoms with van der Waals surface area (Å²) in [6, 6.07) is 0.